The molecule has 1 aliphatic rings. The molecule has 0 spiro atoms. The molecule has 4 aromatic rings. The second-order valence-corrected chi connectivity index (χ2v) is 11.0. The number of benzene rings is 3. The third-order valence-corrected chi connectivity index (χ3v) is 7.98. The zero-order chi connectivity index (χ0) is 27.2. The fraction of sp³-hybridized carbons (Fsp3) is 0.241. The minimum Gasteiger partial charge on any atom is -0.454 e. The zero-order valence-electron chi connectivity index (χ0n) is 21.5. The first-order valence-corrected chi connectivity index (χ1v) is 14.1. The van der Waals surface area contributed by atoms with Crippen molar-refractivity contribution in [1.82, 2.24) is 14.5 Å². The average molecular weight is 548 g/mol. The van der Waals surface area contributed by atoms with E-state index in [-0.39, 0.29) is 36.7 Å². The van der Waals surface area contributed by atoms with Gasteiger partial charge in [0, 0.05) is 19.2 Å². The smallest absolute Gasteiger partial charge is 0.254 e. The lowest BCUT2D eigenvalue weighted by molar-refractivity contribution is 0.0675. The van der Waals surface area contributed by atoms with Crippen molar-refractivity contribution >= 4 is 15.7 Å². The number of amides is 1. The molecular weight excluding hydrogens is 518 g/mol. The van der Waals surface area contributed by atoms with Gasteiger partial charge in [0.05, 0.1) is 37.3 Å². The Hall–Kier alpha value is -4.15. The van der Waals surface area contributed by atoms with Crippen LogP contribution < -0.4 is 9.47 Å². The van der Waals surface area contributed by atoms with E-state index in [1.807, 2.05) is 48.5 Å². The number of ether oxygens (including phenoxy) is 3. The molecule has 202 valence electrons. The summed E-state index contributed by atoms with van der Waals surface area (Å²) in [6, 6.07) is 23.6. The highest BCUT2D eigenvalue weighted by atomic mass is 32.2. The zero-order valence-corrected chi connectivity index (χ0v) is 22.3. The maximum absolute atomic E-state index is 13.6. The summed E-state index contributed by atoms with van der Waals surface area (Å²) in [4.78, 5) is 19.6. The third kappa shape index (κ3) is 6.13. The first-order valence-electron chi connectivity index (χ1n) is 12.5. The second kappa shape index (κ2) is 11.7. The van der Waals surface area contributed by atoms with Crippen LogP contribution in [0.5, 0.6) is 11.5 Å². The monoisotopic (exact) mass is 547 g/mol. The van der Waals surface area contributed by atoms with Gasteiger partial charge in [-0.3, -0.25) is 4.79 Å². The second-order valence-electron chi connectivity index (χ2n) is 9.14. The summed E-state index contributed by atoms with van der Waals surface area (Å²) in [6.07, 6.45) is 1.54. The van der Waals surface area contributed by atoms with Gasteiger partial charge in [-0.05, 0) is 29.3 Å². The number of aromatic nitrogens is 2. The number of hydrogen-bond donors (Lipinski definition) is 0. The Morgan fingerprint density at radius 3 is 2.38 bits per heavy atom. The molecular formula is C29H29N3O6S. The Labute approximate surface area is 227 Å². The van der Waals surface area contributed by atoms with Crippen LogP contribution in [-0.2, 0) is 33.4 Å². The number of hydrogen-bond acceptors (Lipinski definition) is 7. The molecule has 9 nitrogen and oxygen atoms in total. The Bertz CT molecular complexity index is 1540. The van der Waals surface area contributed by atoms with Crippen LogP contribution >= 0.6 is 0 Å². The van der Waals surface area contributed by atoms with E-state index in [1.165, 1.54) is 6.20 Å². The van der Waals surface area contributed by atoms with Crippen molar-refractivity contribution in [3.63, 3.8) is 0 Å². The molecule has 0 bridgehead atoms. The quantitative estimate of drug-likeness (QED) is 0.281. The standard InChI is InChI=1S/C29H29N3O6S/c1-36-15-14-31(28(33)24-12-13-26-27(16-24)38-21-37-26)19-25-17-30-29(32(25)18-22-8-4-2-5-9-22)39(34,35)20-23-10-6-3-7-11-23/h2-13,16-17H,14-15,18-21H2,1H3. The van der Waals surface area contributed by atoms with Gasteiger partial charge in [0.2, 0.25) is 21.8 Å². The number of carbonyl (C=O) groups is 1. The van der Waals surface area contributed by atoms with E-state index in [0.717, 1.165) is 5.56 Å². The van der Waals surface area contributed by atoms with Crippen LogP contribution in [0.1, 0.15) is 27.2 Å². The summed E-state index contributed by atoms with van der Waals surface area (Å²) in [5.74, 6) is 0.675. The molecule has 0 N–H and O–H groups in total. The van der Waals surface area contributed by atoms with Gasteiger partial charge in [-0.1, -0.05) is 60.7 Å². The van der Waals surface area contributed by atoms with Crippen molar-refractivity contribution < 1.29 is 27.4 Å². The van der Waals surface area contributed by atoms with Crippen LogP contribution in [0.25, 0.3) is 0 Å². The SMILES string of the molecule is COCCN(Cc1cnc(S(=O)(=O)Cc2ccccc2)n1Cc1ccccc1)C(=O)c1ccc2c(c1)OCO2. The van der Waals surface area contributed by atoms with E-state index in [1.54, 1.807) is 46.9 Å². The van der Waals surface area contributed by atoms with Crippen LogP contribution in [0, 0.1) is 0 Å². The molecule has 0 fully saturated rings. The molecule has 0 saturated carbocycles. The Balaban J connectivity index is 1.49. The van der Waals surface area contributed by atoms with Gasteiger partial charge >= 0.3 is 0 Å². The molecule has 3 aromatic carbocycles. The molecule has 1 aromatic heterocycles. The first kappa shape index (κ1) is 26.5. The highest BCUT2D eigenvalue weighted by Crippen LogP contribution is 2.33. The summed E-state index contributed by atoms with van der Waals surface area (Å²) in [6.45, 7) is 1.14. The van der Waals surface area contributed by atoms with Gasteiger partial charge in [-0.2, -0.15) is 0 Å². The van der Waals surface area contributed by atoms with E-state index in [4.69, 9.17) is 14.2 Å². The van der Waals surface area contributed by atoms with Crippen LogP contribution in [0.3, 0.4) is 0 Å². The van der Waals surface area contributed by atoms with E-state index >= 15 is 0 Å². The van der Waals surface area contributed by atoms with Crippen LogP contribution in [-0.4, -0.2) is 55.8 Å². The lowest BCUT2D eigenvalue weighted by Gasteiger charge is -2.24. The minimum atomic E-state index is -3.78. The number of rotatable bonds is 11. The number of sulfone groups is 1. The third-order valence-electron chi connectivity index (χ3n) is 6.39. The van der Waals surface area contributed by atoms with Crippen molar-refractivity contribution in [1.29, 1.82) is 0 Å². The number of imidazole rings is 1. The van der Waals surface area contributed by atoms with Crippen molar-refractivity contribution in [3.8, 4) is 11.5 Å². The normalized spacial score (nSPS) is 12.4. The number of nitrogens with zero attached hydrogens (tertiary/aromatic N) is 3. The number of fused-ring (bicyclic) bond motifs is 1. The van der Waals surface area contributed by atoms with Gasteiger partial charge in [-0.15, -0.1) is 0 Å². The fourth-order valence-electron chi connectivity index (χ4n) is 4.42. The van der Waals surface area contributed by atoms with Gasteiger partial charge in [0.25, 0.3) is 5.91 Å². The Morgan fingerprint density at radius 2 is 1.67 bits per heavy atom. The van der Waals surface area contributed by atoms with Crippen molar-refractivity contribution in [2.45, 2.75) is 24.0 Å². The van der Waals surface area contributed by atoms with Crippen molar-refractivity contribution in [2.75, 3.05) is 27.1 Å². The molecule has 2 heterocycles. The Kier molecular flexibility index (Phi) is 7.94. The predicted octanol–water partition coefficient (Wildman–Crippen LogP) is 3.92. The van der Waals surface area contributed by atoms with E-state index in [2.05, 4.69) is 4.98 Å². The van der Waals surface area contributed by atoms with Crippen molar-refractivity contribution in [3.05, 3.63) is 107 Å². The van der Waals surface area contributed by atoms with Crippen LogP contribution in [0.4, 0.5) is 0 Å². The highest BCUT2D eigenvalue weighted by molar-refractivity contribution is 7.90. The fourth-order valence-corrected chi connectivity index (χ4v) is 5.91. The topological polar surface area (TPSA) is 100.0 Å². The number of carbonyl (C=O) groups excluding carboxylic acids is 1. The summed E-state index contributed by atoms with van der Waals surface area (Å²) in [7, 11) is -2.22. The van der Waals surface area contributed by atoms with Crippen LogP contribution in [0.2, 0.25) is 0 Å². The maximum atomic E-state index is 13.6. The number of methoxy groups -OCH3 is 1. The summed E-state index contributed by atoms with van der Waals surface area (Å²) in [5, 5.41) is -0.0348. The largest absolute Gasteiger partial charge is 0.454 e. The molecule has 39 heavy (non-hydrogen) atoms. The molecule has 0 unspecified atom stereocenters. The molecule has 0 radical (unpaired) electrons. The Morgan fingerprint density at radius 1 is 0.974 bits per heavy atom. The molecule has 1 amide bonds. The molecule has 5 rings (SSSR count). The molecule has 0 atom stereocenters. The molecule has 0 saturated heterocycles. The van der Waals surface area contributed by atoms with Gasteiger partial charge < -0.3 is 23.7 Å². The summed E-state index contributed by atoms with van der Waals surface area (Å²) in [5.41, 5.74) is 2.61. The van der Waals surface area contributed by atoms with Crippen molar-refractivity contribution in [2.24, 2.45) is 0 Å². The molecule has 10 heteroatoms. The van der Waals surface area contributed by atoms with E-state index in [0.29, 0.717) is 41.5 Å². The highest BCUT2D eigenvalue weighted by Gasteiger charge is 2.27. The molecule has 0 aliphatic carbocycles. The first-order chi connectivity index (χ1) is 18.9. The molecule has 1 aliphatic heterocycles. The summed E-state index contributed by atoms with van der Waals surface area (Å²) >= 11 is 0. The van der Waals surface area contributed by atoms with Gasteiger partial charge in [0.15, 0.2) is 11.5 Å². The summed E-state index contributed by atoms with van der Waals surface area (Å²) < 4.78 is 44.8. The van der Waals surface area contributed by atoms with E-state index < -0.39 is 9.84 Å². The van der Waals surface area contributed by atoms with Gasteiger partial charge in [0.1, 0.15) is 0 Å². The average Bonchev–Trinajstić information content (AvgIpc) is 3.58. The minimum absolute atomic E-state index is 0.0348. The van der Waals surface area contributed by atoms with E-state index in [9.17, 15) is 13.2 Å². The lowest BCUT2D eigenvalue weighted by Crippen LogP contribution is -2.34. The van der Waals surface area contributed by atoms with Crippen LogP contribution in [0.15, 0.2) is 90.2 Å². The lowest BCUT2D eigenvalue weighted by atomic mass is 10.1. The van der Waals surface area contributed by atoms with Gasteiger partial charge in [-0.25, -0.2) is 13.4 Å². The predicted molar refractivity (Wildman–Crippen MR) is 144 cm³/mol. The maximum Gasteiger partial charge on any atom is 0.254 e.